The maximum absolute atomic E-state index is 11.9. The summed E-state index contributed by atoms with van der Waals surface area (Å²) in [6.45, 7) is 6.70. The lowest BCUT2D eigenvalue weighted by atomic mass is 10.0. The van der Waals surface area contributed by atoms with Crippen molar-refractivity contribution in [3.05, 3.63) is 17.5 Å². The van der Waals surface area contributed by atoms with Gasteiger partial charge in [0.05, 0.1) is 12.8 Å². The van der Waals surface area contributed by atoms with Crippen LogP contribution in [0.1, 0.15) is 18.2 Å². The van der Waals surface area contributed by atoms with Crippen molar-refractivity contribution in [2.75, 3.05) is 26.7 Å². The van der Waals surface area contributed by atoms with Crippen LogP contribution in [-0.4, -0.2) is 52.9 Å². The van der Waals surface area contributed by atoms with Gasteiger partial charge in [-0.25, -0.2) is 0 Å². The standard InChI is InChI=1S/C13H22N4O2/c1-10-11(7-15-16(10)4)8-17-5-6-19-13(2,9-17)12(18)14-3/h7H,5-6,8-9H2,1-4H3,(H,14,18). The molecule has 1 unspecified atom stereocenters. The highest BCUT2D eigenvalue weighted by Crippen LogP contribution is 2.20. The average molecular weight is 266 g/mol. The van der Waals surface area contributed by atoms with Crippen LogP contribution in [0.2, 0.25) is 0 Å². The van der Waals surface area contributed by atoms with Gasteiger partial charge in [-0.3, -0.25) is 14.4 Å². The van der Waals surface area contributed by atoms with E-state index in [0.717, 1.165) is 18.8 Å². The van der Waals surface area contributed by atoms with Gasteiger partial charge in [-0.2, -0.15) is 5.10 Å². The van der Waals surface area contributed by atoms with E-state index in [1.807, 2.05) is 24.9 Å². The Morgan fingerprint density at radius 2 is 2.37 bits per heavy atom. The zero-order valence-corrected chi connectivity index (χ0v) is 12.1. The summed E-state index contributed by atoms with van der Waals surface area (Å²) in [5.74, 6) is -0.0693. The molecule has 1 aromatic rings. The molecular weight excluding hydrogens is 244 g/mol. The van der Waals surface area contributed by atoms with E-state index in [-0.39, 0.29) is 5.91 Å². The first kappa shape index (κ1) is 14.0. The van der Waals surface area contributed by atoms with Crippen LogP contribution in [0.4, 0.5) is 0 Å². The number of hydrogen-bond donors (Lipinski definition) is 1. The number of amides is 1. The number of hydrogen-bond acceptors (Lipinski definition) is 4. The van der Waals surface area contributed by atoms with Crippen LogP contribution in [0.25, 0.3) is 0 Å². The molecule has 0 spiro atoms. The topological polar surface area (TPSA) is 59.4 Å². The highest BCUT2D eigenvalue weighted by molar-refractivity contribution is 5.84. The smallest absolute Gasteiger partial charge is 0.253 e. The van der Waals surface area contributed by atoms with Gasteiger partial charge in [-0.1, -0.05) is 0 Å². The van der Waals surface area contributed by atoms with Crippen molar-refractivity contribution in [3.63, 3.8) is 0 Å². The summed E-state index contributed by atoms with van der Waals surface area (Å²) in [5, 5.41) is 6.92. The summed E-state index contributed by atoms with van der Waals surface area (Å²) >= 11 is 0. The fraction of sp³-hybridized carbons (Fsp3) is 0.692. The zero-order chi connectivity index (χ0) is 14.0. The van der Waals surface area contributed by atoms with Gasteiger partial charge in [-0.15, -0.1) is 0 Å². The van der Waals surface area contributed by atoms with E-state index >= 15 is 0 Å². The van der Waals surface area contributed by atoms with Gasteiger partial charge in [0.2, 0.25) is 0 Å². The molecule has 6 nitrogen and oxygen atoms in total. The maximum atomic E-state index is 11.9. The molecule has 2 heterocycles. The lowest BCUT2D eigenvalue weighted by molar-refractivity contribution is -0.156. The molecule has 0 radical (unpaired) electrons. The van der Waals surface area contributed by atoms with Gasteiger partial charge >= 0.3 is 0 Å². The van der Waals surface area contributed by atoms with E-state index in [1.165, 1.54) is 5.56 Å². The van der Waals surface area contributed by atoms with Crippen molar-refractivity contribution < 1.29 is 9.53 Å². The minimum atomic E-state index is -0.761. The first-order valence-electron chi connectivity index (χ1n) is 6.52. The molecule has 1 aromatic heterocycles. The highest BCUT2D eigenvalue weighted by Gasteiger charge is 2.38. The summed E-state index contributed by atoms with van der Waals surface area (Å²) in [4.78, 5) is 14.1. The SMILES string of the molecule is CNC(=O)C1(C)CN(Cc2cnn(C)c2C)CCO1. The maximum Gasteiger partial charge on any atom is 0.253 e. The molecule has 106 valence electrons. The Labute approximate surface area is 113 Å². The minimum Gasteiger partial charge on any atom is -0.363 e. The zero-order valence-electron chi connectivity index (χ0n) is 12.1. The third kappa shape index (κ3) is 2.79. The molecule has 1 atom stereocenters. The number of morpholine rings is 1. The van der Waals surface area contributed by atoms with Crippen LogP contribution in [0.5, 0.6) is 0 Å². The van der Waals surface area contributed by atoms with Crippen LogP contribution >= 0.6 is 0 Å². The van der Waals surface area contributed by atoms with Gasteiger partial charge in [0.15, 0.2) is 5.60 Å². The first-order chi connectivity index (χ1) is 8.96. The second-order valence-corrected chi connectivity index (χ2v) is 5.25. The van der Waals surface area contributed by atoms with E-state index in [0.29, 0.717) is 13.2 Å². The largest absolute Gasteiger partial charge is 0.363 e. The number of nitrogens with one attached hydrogen (secondary N) is 1. The Balaban J connectivity index is 2.06. The molecule has 0 aromatic carbocycles. The fourth-order valence-corrected chi connectivity index (χ4v) is 2.43. The van der Waals surface area contributed by atoms with E-state index in [1.54, 1.807) is 7.05 Å². The summed E-state index contributed by atoms with van der Waals surface area (Å²) < 4.78 is 7.52. The van der Waals surface area contributed by atoms with Gasteiger partial charge in [0, 0.05) is 45.0 Å². The summed E-state index contributed by atoms with van der Waals surface area (Å²) in [7, 11) is 3.58. The Kier molecular flexibility index (Phi) is 3.91. The lowest BCUT2D eigenvalue weighted by Gasteiger charge is -2.39. The number of rotatable bonds is 3. The molecular formula is C13H22N4O2. The predicted molar refractivity (Wildman–Crippen MR) is 71.6 cm³/mol. The summed E-state index contributed by atoms with van der Waals surface area (Å²) in [6.07, 6.45) is 1.89. The van der Waals surface area contributed by atoms with Crippen LogP contribution in [0.3, 0.4) is 0 Å². The van der Waals surface area contributed by atoms with Crippen molar-refractivity contribution in [1.82, 2.24) is 20.0 Å². The molecule has 1 fully saturated rings. The van der Waals surface area contributed by atoms with Crippen molar-refractivity contribution in [1.29, 1.82) is 0 Å². The first-order valence-corrected chi connectivity index (χ1v) is 6.52. The summed E-state index contributed by atoms with van der Waals surface area (Å²) in [5.41, 5.74) is 1.60. The molecule has 0 saturated carbocycles. The number of carbonyl (C=O) groups is 1. The average Bonchev–Trinajstić information content (AvgIpc) is 2.70. The minimum absolute atomic E-state index is 0.0693. The number of ether oxygens (including phenoxy) is 1. The van der Waals surface area contributed by atoms with E-state index < -0.39 is 5.60 Å². The van der Waals surface area contributed by atoms with Crippen LogP contribution in [0.15, 0.2) is 6.20 Å². The summed E-state index contributed by atoms with van der Waals surface area (Å²) in [6, 6.07) is 0. The van der Waals surface area contributed by atoms with E-state index in [2.05, 4.69) is 22.2 Å². The van der Waals surface area contributed by atoms with Crippen LogP contribution < -0.4 is 5.32 Å². The van der Waals surface area contributed by atoms with Crippen molar-refractivity contribution in [3.8, 4) is 0 Å². The molecule has 1 aliphatic heterocycles. The second kappa shape index (κ2) is 5.30. The van der Waals surface area contributed by atoms with E-state index in [9.17, 15) is 4.79 Å². The van der Waals surface area contributed by atoms with E-state index in [4.69, 9.17) is 4.74 Å². The monoisotopic (exact) mass is 266 g/mol. The van der Waals surface area contributed by atoms with Gasteiger partial charge < -0.3 is 10.1 Å². The van der Waals surface area contributed by atoms with Gasteiger partial charge in [0.1, 0.15) is 0 Å². The highest BCUT2D eigenvalue weighted by atomic mass is 16.5. The quantitative estimate of drug-likeness (QED) is 0.841. The van der Waals surface area contributed by atoms with Gasteiger partial charge in [0.25, 0.3) is 5.91 Å². The number of likely N-dealkylation sites (N-methyl/N-ethyl adjacent to an activating group) is 1. The molecule has 0 bridgehead atoms. The third-order valence-electron chi connectivity index (χ3n) is 3.79. The fourth-order valence-electron chi connectivity index (χ4n) is 2.43. The van der Waals surface area contributed by atoms with Crippen molar-refractivity contribution in [2.45, 2.75) is 26.0 Å². The molecule has 1 aliphatic rings. The van der Waals surface area contributed by atoms with Gasteiger partial charge in [-0.05, 0) is 13.8 Å². The second-order valence-electron chi connectivity index (χ2n) is 5.25. The third-order valence-corrected chi connectivity index (χ3v) is 3.79. The molecule has 19 heavy (non-hydrogen) atoms. The molecule has 1 amide bonds. The Morgan fingerprint density at radius 3 is 2.95 bits per heavy atom. The molecule has 2 rings (SSSR count). The lowest BCUT2D eigenvalue weighted by Crippen LogP contribution is -2.57. The number of aryl methyl sites for hydroxylation is 1. The Hall–Kier alpha value is -1.40. The van der Waals surface area contributed by atoms with Crippen molar-refractivity contribution in [2.24, 2.45) is 7.05 Å². The molecule has 1 N–H and O–H groups in total. The van der Waals surface area contributed by atoms with Crippen LogP contribution in [-0.2, 0) is 23.1 Å². The Morgan fingerprint density at radius 1 is 1.63 bits per heavy atom. The number of nitrogens with zero attached hydrogens (tertiary/aromatic N) is 3. The molecule has 1 saturated heterocycles. The predicted octanol–water partition coefficient (Wildman–Crippen LogP) is 0.0654. The molecule has 6 heteroatoms. The molecule has 0 aliphatic carbocycles. The number of aromatic nitrogens is 2. The van der Waals surface area contributed by atoms with Crippen LogP contribution in [0, 0.1) is 6.92 Å². The number of carbonyl (C=O) groups excluding carboxylic acids is 1. The van der Waals surface area contributed by atoms with Crippen molar-refractivity contribution >= 4 is 5.91 Å². The normalized spacial score (nSPS) is 24.4. The Bertz CT molecular complexity index is 471.